The largest absolute Gasteiger partial charge is 0.437 e. The number of hydrogen-bond acceptors (Lipinski definition) is 3. The van der Waals surface area contributed by atoms with Crippen molar-refractivity contribution >= 4 is 6.09 Å². The van der Waals surface area contributed by atoms with Crippen LogP contribution in [0.3, 0.4) is 0 Å². The highest BCUT2D eigenvalue weighted by Crippen LogP contribution is 2.26. The van der Waals surface area contributed by atoms with Crippen molar-refractivity contribution in [3.05, 3.63) is 101 Å². The normalized spacial score (nSPS) is 11.7. The standard InChI is InChI=1S/C20H18N2O2/c21-20(23)24-19(17-9-5-2-6-10-17)18-12-16(13-22-14-18)11-15-7-3-1-4-8-15/h1-10,12-14,19H,11H2,(H2,21,23). The molecule has 0 fully saturated rings. The van der Waals surface area contributed by atoms with Crippen LogP contribution in [-0.2, 0) is 11.2 Å². The Morgan fingerprint density at radius 2 is 1.58 bits per heavy atom. The van der Waals surface area contributed by atoms with Crippen LogP contribution in [0.1, 0.15) is 28.4 Å². The van der Waals surface area contributed by atoms with E-state index in [2.05, 4.69) is 17.1 Å². The van der Waals surface area contributed by atoms with Crippen LogP contribution in [0, 0.1) is 0 Å². The van der Waals surface area contributed by atoms with Gasteiger partial charge in [-0.1, -0.05) is 60.7 Å². The molecular formula is C20H18N2O2. The van der Waals surface area contributed by atoms with E-state index >= 15 is 0 Å². The summed E-state index contributed by atoms with van der Waals surface area (Å²) in [6.07, 6.45) is 2.92. The van der Waals surface area contributed by atoms with Gasteiger partial charge in [0.1, 0.15) is 0 Å². The van der Waals surface area contributed by atoms with E-state index in [-0.39, 0.29) is 0 Å². The number of benzene rings is 2. The van der Waals surface area contributed by atoms with Crippen molar-refractivity contribution in [2.75, 3.05) is 0 Å². The average Bonchev–Trinajstić information content (AvgIpc) is 2.61. The third kappa shape index (κ3) is 3.98. The van der Waals surface area contributed by atoms with Crippen molar-refractivity contribution in [1.29, 1.82) is 0 Å². The molecule has 0 aliphatic carbocycles. The highest BCUT2D eigenvalue weighted by molar-refractivity contribution is 5.65. The Bertz CT molecular complexity index is 804. The third-order valence-corrected chi connectivity index (χ3v) is 3.71. The molecule has 0 saturated heterocycles. The quantitative estimate of drug-likeness (QED) is 0.777. The molecule has 120 valence electrons. The number of primary amides is 1. The molecule has 2 N–H and O–H groups in total. The van der Waals surface area contributed by atoms with Gasteiger partial charge in [-0.05, 0) is 29.2 Å². The van der Waals surface area contributed by atoms with Crippen molar-refractivity contribution < 1.29 is 9.53 Å². The molecule has 1 heterocycles. The number of nitrogens with zero attached hydrogens (tertiary/aromatic N) is 1. The van der Waals surface area contributed by atoms with Gasteiger partial charge in [0.2, 0.25) is 0 Å². The maximum Gasteiger partial charge on any atom is 0.405 e. The van der Waals surface area contributed by atoms with E-state index in [1.807, 2.05) is 60.8 Å². The molecule has 0 aliphatic heterocycles. The fraction of sp³-hybridized carbons (Fsp3) is 0.100. The Labute approximate surface area is 140 Å². The molecule has 24 heavy (non-hydrogen) atoms. The second-order valence-electron chi connectivity index (χ2n) is 5.52. The van der Waals surface area contributed by atoms with Crippen molar-refractivity contribution in [3.63, 3.8) is 0 Å². The molecule has 1 amide bonds. The molecule has 0 saturated carbocycles. The summed E-state index contributed by atoms with van der Waals surface area (Å²) in [6, 6.07) is 21.7. The molecule has 4 nitrogen and oxygen atoms in total. The van der Waals surface area contributed by atoms with E-state index in [4.69, 9.17) is 10.5 Å². The molecule has 3 aromatic rings. The zero-order valence-corrected chi connectivity index (χ0v) is 13.1. The first-order chi connectivity index (χ1) is 11.7. The van der Waals surface area contributed by atoms with E-state index < -0.39 is 12.2 Å². The van der Waals surface area contributed by atoms with Crippen LogP contribution < -0.4 is 5.73 Å². The summed E-state index contributed by atoms with van der Waals surface area (Å²) in [6.45, 7) is 0. The number of ether oxygens (including phenoxy) is 1. The zero-order valence-electron chi connectivity index (χ0n) is 13.1. The molecule has 1 atom stereocenters. The lowest BCUT2D eigenvalue weighted by molar-refractivity contribution is 0.126. The zero-order chi connectivity index (χ0) is 16.8. The van der Waals surface area contributed by atoms with Crippen molar-refractivity contribution in [1.82, 2.24) is 4.98 Å². The van der Waals surface area contributed by atoms with Crippen molar-refractivity contribution in [3.8, 4) is 0 Å². The first kappa shape index (κ1) is 15.7. The maximum atomic E-state index is 11.3. The van der Waals surface area contributed by atoms with E-state index in [1.54, 1.807) is 6.20 Å². The first-order valence-electron chi connectivity index (χ1n) is 7.71. The van der Waals surface area contributed by atoms with Crippen molar-refractivity contribution in [2.45, 2.75) is 12.5 Å². The topological polar surface area (TPSA) is 65.2 Å². The number of aromatic nitrogens is 1. The monoisotopic (exact) mass is 318 g/mol. The van der Waals surface area contributed by atoms with Gasteiger partial charge in [-0.3, -0.25) is 4.98 Å². The Kier molecular flexibility index (Phi) is 4.87. The number of hydrogen-bond donors (Lipinski definition) is 1. The minimum absolute atomic E-state index is 0.563. The number of pyridine rings is 1. The Morgan fingerprint density at radius 1 is 0.917 bits per heavy atom. The molecule has 1 unspecified atom stereocenters. The van der Waals surface area contributed by atoms with Crippen LogP contribution in [0.4, 0.5) is 4.79 Å². The van der Waals surface area contributed by atoms with Gasteiger partial charge in [0.05, 0.1) is 0 Å². The second kappa shape index (κ2) is 7.42. The van der Waals surface area contributed by atoms with E-state index in [9.17, 15) is 4.79 Å². The highest BCUT2D eigenvalue weighted by atomic mass is 16.6. The van der Waals surface area contributed by atoms with Gasteiger partial charge in [-0.15, -0.1) is 0 Å². The van der Waals surface area contributed by atoms with E-state index in [1.165, 1.54) is 5.56 Å². The Balaban J connectivity index is 1.91. The number of nitrogens with two attached hydrogens (primary N) is 1. The molecule has 2 aromatic carbocycles. The number of rotatable bonds is 5. The van der Waals surface area contributed by atoms with Gasteiger partial charge in [-0.25, -0.2) is 4.79 Å². The predicted octanol–water partition coefficient (Wildman–Crippen LogP) is 3.86. The lowest BCUT2D eigenvalue weighted by atomic mass is 9.99. The molecule has 0 spiro atoms. The smallest absolute Gasteiger partial charge is 0.405 e. The van der Waals surface area contributed by atoms with Gasteiger partial charge in [0.15, 0.2) is 6.10 Å². The van der Waals surface area contributed by atoms with E-state index in [0.29, 0.717) is 0 Å². The van der Waals surface area contributed by atoms with Gasteiger partial charge in [-0.2, -0.15) is 0 Å². The predicted molar refractivity (Wildman–Crippen MR) is 92.4 cm³/mol. The van der Waals surface area contributed by atoms with Gasteiger partial charge in [0.25, 0.3) is 0 Å². The minimum Gasteiger partial charge on any atom is -0.437 e. The summed E-state index contributed by atoms with van der Waals surface area (Å²) in [5.74, 6) is 0. The minimum atomic E-state index is -0.808. The molecule has 1 aromatic heterocycles. The summed E-state index contributed by atoms with van der Waals surface area (Å²) >= 11 is 0. The van der Waals surface area contributed by atoms with Crippen LogP contribution in [0.5, 0.6) is 0 Å². The summed E-state index contributed by atoms with van der Waals surface area (Å²) in [5, 5.41) is 0. The first-order valence-corrected chi connectivity index (χ1v) is 7.71. The van der Waals surface area contributed by atoms with Gasteiger partial charge >= 0.3 is 6.09 Å². The lowest BCUT2D eigenvalue weighted by Gasteiger charge is -2.18. The maximum absolute atomic E-state index is 11.3. The van der Waals surface area contributed by atoms with E-state index in [0.717, 1.165) is 23.1 Å². The number of carbonyl (C=O) groups excluding carboxylic acids is 1. The Hall–Kier alpha value is -3.14. The second-order valence-corrected chi connectivity index (χ2v) is 5.52. The van der Waals surface area contributed by atoms with Crippen LogP contribution in [0.2, 0.25) is 0 Å². The number of carbonyl (C=O) groups is 1. The third-order valence-electron chi connectivity index (χ3n) is 3.71. The van der Waals surface area contributed by atoms with Crippen LogP contribution in [0.15, 0.2) is 79.1 Å². The average molecular weight is 318 g/mol. The fourth-order valence-corrected chi connectivity index (χ4v) is 2.65. The summed E-state index contributed by atoms with van der Waals surface area (Å²) in [5.41, 5.74) is 9.15. The summed E-state index contributed by atoms with van der Waals surface area (Å²) in [7, 11) is 0. The molecule has 3 rings (SSSR count). The van der Waals surface area contributed by atoms with Crippen molar-refractivity contribution in [2.24, 2.45) is 5.73 Å². The Morgan fingerprint density at radius 3 is 2.25 bits per heavy atom. The summed E-state index contributed by atoms with van der Waals surface area (Å²) < 4.78 is 5.33. The van der Waals surface area contributed by atoms with Crippen LogP contribution in [0.25, 0.3) is 0 Å². The molecule has 0 aliphatic rings. The molecule has 0 bridgehead atoms. The SMILES string of the molecule is NC(=O)OC(c1ccccc1)c1cncc(Cc2ccccc2)c1. The lowest BCUT2D eigenvalue weighted by Crippen LogP contribution is -2.18. The summed E-state index contributed by atoms with van der Waals surface area (Å²) in [4.78, 5) is 15.6. The molecular weight excluding hydrogens is 300 g/mol. The van der Waals surface area contributed by atoms with Crippen LogP contribution in [-0.4, -0.2) is 11.1 Å². The van der Waals surface area contributed by atoms with Crippen LogP contribution >= 0.6 is 0 Å². The number of amides is 1. The fourth-order valence-electron chi connectivity index (χ4n) is 2.65. The van der Waals surface area contributed by atoms with Gasteiger partial charge in [0, 0.05) is 18.0 Å². The molecule has 4 heteroatoms. The van der Waals surface area contributed by atoms with Gasteiger partial charge < -0.3 is 10.5 Å². The highest BCUT2D eigenvalue weighted by Gasteiger charge is 2.18. The molecule has 0 radical (unpaired) electrons.